The largest absolute Gasteiger partial charge is 0.480 e. The van der Waals surface area contributed by atoms with E-state index in [0.29, 0.717) is 34.3 Å². The normalized spacial score (nSPS) is 23.7. The Morgan fingerprint density at radius 2 is 1.44 bits per heavy atom. The number of rotatable bonds is 17. The second-order valence-corrected chi connectivity index (χ2v) is 21.7. The number of carboxylic acids is 1. The molecular weight excluding hydrogens is 1060 g/mol. The molecule has 82 heavy (non-hydrogen) atoms. The Hall–Kier alpha value is -8.79. The molecule has 6 heterocycles. The summed E-state index contributed by atoms with van der Waals surface area (Å²) in [6.45, 7) is 10.1. The zero-order chi connectivity index (χ0) is 60.1. The maximum atomic E-state index is 15.0. The molecule has 10 unspecified atom stereocenters. The first-order valence-electron chi connectivity index (χ1n) is 27.5. The van der Waals surface area contributed by atoms with Crippen molar-refractivity contribution < 1.29 is 53.1 Å². The van der Waals surface area contributed by atoms with E-state index in [9.17, 15) is 48.3 Å². The van der Waals surface area contributed by atoms with Gasteiger partial charge in [-0.2, -0.15) is 0 Å². The summed E-state index contributed by atoms with van der Waals surface area (Å²) in [4.78, 5) is 156. The van der Waals surface area contributed by atoms with Crippen LogP contribution in [0.15, 0.2) is 40.7 Å². The van der Waals surface area contributed by atoms with Crippen LogP contribution in [0.1, 0.15) is 109 Å². The van der Waals surface area contributed by atoms with Gasteiger partial charge in [-0.25, -0.2) is 9.78 Å². The molecule has 0 saturated carbocycles. The van der Waals surface area contributed by atoms with E-state index < -0.39 is 126 Å². The van der Waals surface area contributed by atoms with E-state index in [2.05, 4.69) is 67.8 Å². The van der Waals surface area contributed by atoms with E-state index >= 15 is 4.79 Å². The van der Waals surface area contributed by atoms with E-state index in [1.807, 2.05) is 20.8 Å². The van der Waals surface area contributed by atoms with Crippen molar-refractivity contribution >= 4 is 82.0 Å². The molecule has 7 bridgehead atoms. The molecule has 4 aliphatic heterocycles. The highest BCUT2D eigenvalue weighted by Gasteiger charge is 2.41. The zero-order valence-electron chi connectivity index (χ0n) is 46.9. The number of aromatic nitrogens is 3. The highest BCUT2D eigenvalue weighted by molar-refractivity contribution is 6.00. The van der Waals surface area contributed by atoms with Gasteiger partial charge in [0, 0.05) is 60.9 Å². The number of aromatic amines is 1. The molecule has 3 aromatic rings. The van der Waals surface area contributed by atoms with Gasteiger partial charge in [-0.1, -0.05) is 60.1 Å². The lowest BCUT2D eigenvalue weighted by Crippen LogP contribution is -2.62. The van der Waals surface area contributed by atoms with Crippen LogP contribution in [0, 0.1) is 17.8 Å². The number of hydrogen-bond acceptors (Lipinski definition) is 13. The number of nitrogens with two attached hydrogens (primary N) is 4. The van der Waals surface area contributed by atoms with Crippen LogP contribution in [0.3, 0.4) is 0 Å². The fraction of sp³-hybridized carbons (Fsp3) is 0.566. The van der Waals surface area contributed by atoms with Crippen LogP contribution in [0.4, 0.5) is 0 Å². The van der Waals surface area contributed by atoms with Crippen LogP contribution >= 0.6 is 0 Å². The number of aliphatic imine (C=N–C) groups is 2. The topological polar surface area (TPSA) is 462 Å². The zero-order valence-corrected chi connectivity index (χ0v) is 46.9. The van der Waals surface area contributed by atoms with E-state index in [-0.39, 0.29) is 93.9 Å². The number of H-pyrrole nitrogens is 1. The Morgan fingerprint density at radius 3 is 2.07 bits per heavy atom. The number of carbonyl (C=O) groups excluding carboxylic acids is 9. The van der Waals surface area contributed by atoms with Gasteiger partial charge in [-0.15, -0.1) is 0 Å². The smallest absolute Gasteiger partial charge is 0.326 e. The molecule has 1 saturated heterocycles. The van der Waals surface area contributed by atoms with Gasteiger partial charge in [0.2, 0.25) is 53.2 Å². The van der Waals surface area contributed by atoms with Crippen LogP contribution in [-0.2, 0) is 60.8 Å². The predicted octanol–water partition coefficient (Wildman–Crippen LogP) is -3.11. The van der Waals surface area contributed by atoms with E-state index in [1.165, 1.54) is 6.33 Å². The third kappa shape index (κ3) is 16.2. The lowest BCUT2D eigenvalue weighted by atomic mass is 9.81. The lowest BCUT2D eigenvalue weighted by molar-refractivity contribution is -0.142. The number of amides is 9. The minimum absolute atomic E-state index is 0.0375. The summed E-state index contributed by atoms with van der Waals surface area (Å²) < 4.78 is 1.56. The molecule has 4 aliphatic rings. The maximum absolute atomic E-state index is 15.0. The highest BCUT2D eigenvalue weighted by Crippen LogP contribution is 2.35. The second kappa shape index (κ2) is 28.1. The Labute approximate surface area is 473 Å². The first kappa shape index (κ1) is 62.4. The molecule has 0 spiro atoms. The molecule has 19 N–H and O–H groups in total. The van der Waals surface area contributed by atoms with Crippen molar-refractivity contribution in [1.82, 2.24) is 62.4 Å². The van der Waals surface area contributed by atoms with Gasteiger partial charge in [-0.3, -0.25) is 57.7 Å². The van der Waals surface area contributed by atoms with E-state index in [1.54, 1.807) is 49.7 Å². The molecule has 29 nitrogen and oxygen atoms in total. The molecule has 2 aromatic heterocycles. The Morgan fingerprint density at radius 1 is 0.768 bits per heavy atom. The van der Waals surface area contributed by atoms with Gasteiger partial charge >= 0.3 is 5.97 Å². The summed E-state index contributed by atoms with van der Waals surface area (Å²) in [5.41, 5.74) is 23.6. The SMILES string of the molecule is CCC(C)C1NC(=O)C(NC(=O)C2CCC(=O)N2)C(C(C)C)c2ccc3c4c([nH]c3c2)-n2cnc(c2)CC(C(=O)NC(CCCN=C(N)N)C(=O)O)NC(=O)CNC(=O)C(CCCN=C(N)N)NC(=O)C(C4)NC(=O)C(C(C)C)NC1=O. The number of carbonyl (C=O) groups is 10. The molecule has 7 rings (SSSR count). The summed E-state index contributed by atoms with van der Waals surface area (Å²) in [6.07, 6.45) is 3.23. The van der Waals surface area contributed by atoms with Crippen molar-refractivity contribution in [2.75, 3.05) is 19.6 Å². The minimum Gasteiger partial charge on any atom is -0.480 e. The fourth-order valence-corrected chi connectivity index (χ4v) is 10.3. The average molecular weight is 1140 g/mol. The van der Waals surface area contributed by atoms with Crippen molar-refractivity contribution in [3.8, 4) is 5.82 Å². The monoisotopic (exact) mass is 1140 g/mol. The predicted molar refractivity (Wildman–Crippen MR) is 300 cm³/mol. The molecule has 10 atom stereocenters. The van der Waals surface area contributed by atoms with Crippen LogP contribution in [0.2, 0.25) is 0 Å². The van der Waals surface area contributed by atoms with Crippen LogP contribution in [0.5, 0.6) is 0 Å². The van der Waals surface area contributed by atoms with Crippen molar-refractivity contribution in [3.05, 3.63) is 47.5 Å². The van der Waals surface area contributed by atoms with Crippen LogP contribution in [-0.4, -0.2) is 159 Å². The maximum Gasteiger partial charge on any atom is 0.326 e. The quantitative estimate of drug-likeness (QED) is 0.0275. The summed E-state index contributed by atoms with van der Waals surface area (Å²) >= 11 is 0. The summed E-state index contributed by atoms with van der Waals surface area (Å²) in [7, 11) is 0. The molecule has 0 aliphatic carbocycles. The van der Waals surface area contributed by atoms with E-state index in [4.69, 9.17) is 22.9 Å². The summed E-state index contributed by atoms with van der Waals surface area (Å²) in [6, 6.07) is -5.26. The number of imidazole rings is 1. The average Bonchev–Trinajstić information content (AvgIpc) is 3.25. The molecular formula is C53H78N18O11. The third-order valence-corrected chi connectivity index (χ3v) is 14.9. The number of nitrogens with one attached hydrogen (secondary N) is 10. The van der Waals surface area contributed by atoms with Gasteiger partial charge in [0.05, 0.1) is 12.2 Å². The molecule has 1 aromatic carbocycles. The number of carboxylic acid groups (broad SMARTS) is 1. The highest BCUT2D eigenvalue weighted by atomic mass is 16.4. The number of fused-ring (bicyclic) bond motifs is 13. The van der Waals surface area contributed by atoms with Crippen LogP contribution in [0.25, 0.3) is 16.7 Å². The molecule has 0 radical (unpaired) electrons. The molecule has 446 valence electrons. The number of guanidine groups is 2. The molecule has 9 amide bonds. The van der Waals surface area contributed by atoms with Crippen molar-refractivity contribution in [1.29, 1.82) is 0 Å². The number of aliphatic carboxylic acids is 1. The summed E-state index contributed by atoms with van der Waals surface area (Å²) in [5, 5.41) is 35.1. The second-order valence-electron chi connectivity index (χ2n) is 21.7. The Bertz CT molecular complexity index is 2940. The minimum atomic E-state index is -1.49. The van der Waals surface area contributed by atoms with Gasteiger partial charge < -0.3 is 80.9 Å². The van der Waals surface area contributed by atoms with Crippen LogP contribution < -0.4 is 70.8 Å². The standard InChI is InChI=1S/C53H78N18O11/c1-7-26(6)41-49(79)68-40(25(4)5)48(78)67-36-20-30-29-13-12-27(39(24(2)3)42(50(80)69-41)70-45(75)32-14-15-37(72)62-32)18-34(29)64-43(30)71-22-28(61-23-71)19-35(46(76)66-33(51(81)82)11-9-17-59-53(56)57)63-38(73)21-60-44(74)31(65-47(36)77)10-8-16-58-52(54)55/h12-13,18,22-26,31-33,35-36,39-42,64H,7-11,14-17,19-21H2,1-6H3,(H,60,74)(H,62,72)(H,63,73)(H,65,77)(H,66,76)(H,67,78)(H,68,79)(H,69,80)(H,70,75)(H,81,82)(H4,54,55,58)(H4,56,57,59). The van der Waals surface area contributed by atoms with Crippen molar-refractivity contribution in [2.24, 2.45) is 50.7 Å². The lowest BCUT2D eigenvalue weighted by Gasteiger charge is -2.34. The molecule has 29 heteroatoms. The third-order valence-electron chi connectivity index (χ3n) is 14.9. The van der Waals surface area contributed by atoms with Gasteiger partial charge in [0.15, 0.2) is 11.9 Å². The van der Waals surface area contributed by atoms with Crippen molar-refractivity contribution in [2.45, 2.75) is 154 Å². The Balaban J connectivity index is 1.55. The fourth-order valence-electron chi connectivity index (χ4n) is 10.3. The summed E-state index contributed by atoms with van der Waals surface area (Å²) in [5.74, 6) is -10.3. The van der Waals surface area contributed by atoms with E-state index in [0.717, 1.165) is 0 Å². The first-order chi connectivity index (χ1) is 38.8. The first-order valence-corrected chi connectivity index (χ1v) is 27.5. The number of nitrogens with zero attached hydrogens (tertiary/aromatic N) is 4. The van der Waals surface area contributed by atoms with Crippen molar-refractivity contribution in [3.63, 3.8) is 0 Å². The number of benzene rings is 1. The molecule has 1 fully saturated rings. The van der Waals surface area contributed by atoms with Gasteiger partial charge in [-0.05, 0) is 61.5 Å². The Kier molecular flexibility index (Phi) is 21.4. The number of hydrogen-bond donors (Lipinski definition) is 15. The van der Waals surface area contributed by atoms with Gasteiger partial charge in [0.25, 0.3) is 0 Å². The van der Waals surface area contributed by atoms with Gasteiger partial charge in [0.1, 0.15) is 60.5 Å².